The number of anilines is 3. The first-order valence-electron chi connectivity index (χ1n) is 25.5. The molecule has 2 saturated heterocycles. The molecule has 3 atom stereocenters. The summed E-state index contributed by atoms with van der Waals surface area (Å²) in [6.45, 7) is 15.7. The van der Waals surface area contributed by atoms with Crippen LogP contribution in [0.25, 0.3) is 32.2 Å². The number of carbonyl (C=O) groups is 5. The van der Waals surface area contributed by atoms with Crippen molar-refractivity contribution < 1.29 is 33.4 Å². The van der Waals surface area contributed by atoms with Crippen LogP contribution in [0.5, 0.6) is 5.75 Å². The van der Waals surface area contributed by atoms with Gasteiger partial charge in [-0.1, -0.05) is 47.7 Å². The van der Waals surface area contributed by atoms with Crippen LogP contribution in [-0.4, -0.2) is 116 Å². The van der Waals surface area contributed by atoms with Gasteiger partial charge in [0.05, 0.1) is 33.9 Å². The van der Waals surface area contributed by atoms with Crippen LogP contribution in [0.15, 0.2) is 91.0 Å². The van der Waals surface area contributed by atoms with Gasteiger partial charge in [0.25, 0.3) is 5.91 Å². The topological polar surface area (TPSA) is 193 Å². The molecule has 3 aromatic heterocycles. The molecule has 0 saturated carbocycles. The summed E-state index contributed by atoms with van der Waals surface area (Å²) in [5.41, 5.74) is 7.18. The number of nitrogens with one attached hydrogen (secondary N) is 3. The number of imide groups is 1. The Balaban J connectivity index is 0.779. The maximum atomic E-state index is 14.1. The Kier molecular flexibility index (Phi) is 14.3. The highest BCUT2D eigenvalue weighted by atomic mass is 32.1. The van der Waals surface area contributed by atoms with Crippen LogP contribution in [-0.2, 0) is 39.1 Å². The number of benzene rings is 4. The van der Waals surface area contributed by atoms with Crippen molar-refractivity contribution in [2.24, 2.45) is 7.05 Å². The molecule has 3 aliphatic rings. The summed E-state index contributed by atoms with van der Waals surface area (Å²) in [5.74, 6) is -0.695. The molecule has 6 heterocycles. The van der Waals surface area contributed by atoms with Crippen LogP contribution in [0.4, 0.5) is 16.6 Å². The second-order valence-electron chi connectivity index (χ2n) is 20.8. The van der Waals surface area contributed by atoms with Crippen LogP contribution in [0, 0.1) is 6.92 Å². The van der Waals surface area contributed by atoms with Gasteiger partial charge in [-0.15, -0.1) is 0 Å². The molecule has 1 unspecified atom stereocenters. The summed E-state index contributed by atoms with van der Waals surface area (Å²) < 4.78 is 15.2. The normalized spacial score (nSPS) is 18.4. The average molecular weight is 1030 g/mol. The number of aryl methyl sites for hydroxylation is 1. The van der Waals surface area contributed by atoms with Crippen LogP contribution in [0.2, 0.25) is 0 Å². The molecule has 10 rings (SSSR count). The van der Waals surface area contributed by atoms with Crippen molar-refractivity contribution in [2.75, 3.05) is 54.9 Å². The number of hydrogen-bond acceptors (Lipinski definition) is 14. The standard InChI is InChI=1S/C57H62N10O7S/c1-33-29-65(30-34(2)67(33)32-50(69)58-37-18-19-41-45(28-37)64(7)63-51(41)42-21-23-49(68)61-54(42)71)26-27-73-46-16-11-13-38(35(46)3)39-20-22-48(60-52(39)55(72)74-57(4,5)6)66-25-24-36-12-10-14-40(43(36)31-66)53(70)62-56-59-44-15-8-9-17-47(44)75-56/h8-20,22,28,33-34,42H,21,23-27,29-32H2,1-7H3,(H,58,69)(H,59,62,70)(H,61,68,71)/t33-,34+,42?. The van der Waals surface area contributed by atoms with Crippen LogP contribution >= 0.6 is 11.3 Å². The minimum absolute atomic E-state index is 0.0957. The van der Waals surface area contributed by atoms with Crippen LogP contribution in [0.3, 0.4) is 0 Å². The zero-order valence-corrected chi connectivity index (χ0v) is 44.2. The predicted molar refractivity (Wildman–Crippen MR) is 290 cm³/mol. The Bertz CT molecular complexity index is 3340. The van der Waals surface area contributed by atoms with E-state index in [0.29, 0.717) is 78.3 Å². The molecule has 0 bridgehead atoms. The summed E-state index contributed by atoms with van der Waals surface area (Å²) in [7, 11) is 1.81. The predicted octanol–water partition coefficient (Wildman–Crippen LogP) is 8.26. The third-order valence-corrected chi connectivity index (χ3v) is 15.3. The Hall–Kier alpha value is -7.54. The van der Waals surface area contributed by atoms with Gasteiger partial charge in [0.2, 0.25) is 17.7 Å². The van der Waals surface area contributed by atoms with Gasteiger partial charge in [0, 0.05) is 80.5 Å². The van der Waals surface area contributed by atoms with E-state index in [1.54, 1.807) is 11.7 Å². The van der Waals surface area contributed by atoms with Gasteiger partial charge in [-0.25, -0.2) is 14.8 Å². The first-order valence-corrected chi connectivity index (χ1v) is 26.4. The SMILES string of the molecule is Cc1c(OCCN2C[C@@H](C)N(CC(=O)Nc3ccc4c(C5CCC(=O)NC5=O)nn(C)c4c3)[C@@H](C)C2)cccc1-c1ccc(N2CCc3cccc(C(=O)Nc4nc5ccccc5s4)c3C2)nc1C(=O)OC(C)(C)C. The lowest BCUT2D eigenvalue weighted by Gasteiger charge is -2.44. The Morgan fingerprint density at radius 1 is 0.880 bits per heavy atom. The highest BCUT2D eigenvalue weighted by Gasteiger charge is 2.34. The van der Waals surface area contributed by atoms with E-state index in [-0.39, 0.29) is 54.4 Å². The number of esters is 1. The molecule has 0 spiro atoms. The monoisotopic (exact) mass is 1030 g/mol. The molecule has 2 fully saturated rings. The molecule has 388 valence electrons. The van der Waals surface area contributed by atoms with Crippen molar-refractivity contribution in [2.45, 2.75) is 91.0 Å². The fourth-order valence-electron chi connectivity index (χ4n) is 10.7. The van der Waals surface area contributed by atoms with E-state index in [4.69, 9.17) is 14.5 Å². The number of pyridine rings is 1. The zero-order valence-electron chi connectivity index (χ0n) is 43.4. The molecule has 3 aliphatic heterocycles. The van der Waals surface area contributed by atoms with E-state index in [9.17, 15) is 24.0 Å². The number of fused-ring (bicyclic) bond motifs is 3. The summed E-state index contributed by atoms with van der Waals surface area (Å²) in [5, 5.41) is 14.5. The minimum Gasteiger partial charge on any atom is -0.492 e. The molecular weight excluding hydrogens is 969 g/mol. The molecule has 0 radical (unpaired) electrons. The summed E-state index contributed by atoms with van der Waals surface area (Å²) in [6.07, 6.45) is 1.37. The van der Waals surface area contributed by atoms with Crippen LogP contribution < -0.4 is 25.6 Å². The minimum atomic E-state index is -0.765. The van der Waals surface area contributed by atoms with Crippen molar-refractivity contribution in [3.8, 4) is 16.9 Å². The van der Waals surface area contributed by atoms with Crippen LogP contribution in [0.1, 0.15) is 96.6 Å². The molecule has 75 heavy (non-hydrogen) atoms. The molecule has 0 aliphatic carbocycles. The number of piperazine rings is 1. The van der Waals surface area contributed by atoms with E-state index in [0.717, 1.165) is 56.5 Å². The van der Waals surface area contributed by atoms with Crippen molar-refractivity contribution in [3.05, 3.63) is 125 Å². The maximum Gasteiger partial charge on any atom is 0.358 e. The van der Waals surface area contributed by atoms with Gasteiger partial charge < -0.3 is 19.7 Å². The van der Waals surface area contributed by atoms with Gasteiger partial charge in [0.1, 0.15) is 23.8 Å². The average Bonchev–Trinajstić information content (AvgIpc) is 3.94. The fourth-order valence-corrected chi connectivity index (χ4v) is 11.5. The molecule has 17 nitrogen and oxygen atoms in total. The number of amides is 4. The Morgan fingerprint density at radius 2 is 1.67 bits per heavy atom. The number of carbonyl (C=O) groups excluding carboxylic acids is 5. The molecular formula is C57H62N10O7S. The first-order chi connectivity index (χ1) is 36.0. The Morgan fingerprint density at radius 3 is 2.44 bits per heavy atom. The Labute approximate surface area is 439 Å². The zero-order chi connectivity index (χ0) is 52.7. The number of ether oxygens (including phenoxy) is 2. The number of thiazole rings is 1. The van der Waals surface area contributed by atoms with Crippen molar-refractivity contribution in [1.29, 1.82) is 0 Å². The second kappa shape index (κ2) is 21.0. The lowest BCUT2D eigenvalue weighted by molar-refractivity contribution is -0.134. The second-order valence-corrected chi connectivity index (χ2v) is 21.9. The van der Waals surface area contributed by atoms with E-state index in [1.165, 1.54) is 11.3 Å². The van der Waals surface area contributed by atoms with Gasteiger partial charge in [-0.05, 0) is 131 Å². The molecule has 18 heteroatoms. The number of piperidine rings is 1. The molecule has 4 amide bonds. The summed E-state index contributed by atoms with van der Waals surface area (Å²) in [6, 6.07) is 29.1. The quantitative estimate of drug-likeness (QED) is 0.0739. The summed E-state index contributed by atoms with van der Waals surface area (Å²) in [4.78, 5) is 82.1. The van der Waals surface area contributed by atoms with Gasteiger partial charge in [-0.2, -0.15) is 5.10 Å². The van der Waals surface area contributed by atoms with E-state index >= 15 is 0 Å². The number of para-hydroxylation sites is 1. The number of rotatable bonds is 13. The molecule has 4 aromatic carbocycles. The van der Waals surface area contributed by atoms with Gasteiger partial charge in [0.15, 0.2) is 10.8 Å². The fraction of sp³-hybridized carbons (Fsp3) is 0.368. The van der Waals surface area contributed by atoms with Gasteiger partial charge >= 0.3 is 5.97 Å². The number of hydrogen-bond donors (Lipinski definition) is 3. The molecule has 3 N–H and O–H groups in total. The summed E-state index contributed by atoms with van der Waals surface area (Å²) >= 11 is 1.44. The lowest BCUT2D eigenvalue weighted by atomic mass is 9.93. The van der Waals surface area contributed by atoms with E-state index < -0.39 is 17.5 Å². The first kappa shape index (κ1) is 51.0. The van der Waals surface area contributed by atoms with Gasteiger partial charge in [-0.3, -0.25) is 44.3 Å². The highest BCUT2D eigenvalue weighted by Crippen LogP contribution is 2.36. The molecule has 7 aromatic rings. The largest absolute Gasteiger partial charge is 0.492 e. The smallest absolute Gasteiger partial charge is 0.358 e. The number of aromatic nitrogens is 4. The highest BCUT2D eigenvalue weighted by molar-refractivity contribution is 7.22. The lowest BCUT2D eigenvalue weighted by Crippen LogP contribution is -2.58. The third-order valence-electron chi connectivity index (χ3n) is 14.3. The van der Waals surface area contributed by atoms with Crippen molar-refractivity contribution in [3.63, 3.8) is 0 Å². The number of nitrogens with zero attached hydrogens (tertiary/aromatic N) is 7. The van der Waals surface area contributed by atoms with E-state index in [1.807, 2.05) is 113 Å². The van der Waals surface area contributed by atoms with Crippen molar-refractivity contribution >= 4 is 78.7 Å². The van der Waals surface area contributed by atoms with Crippen molar-refractivity contribution in [1.82, 2.24) is 34.9 Å². The maximum absolute atomic E-state index is 14.1. The van der Waals surface area contributed by atoms with E-state index in [2.05, 4.69) is 60.6 Å². The third kappa shape index (κ3) is 11.0.